The van der Waals surface area contributed by atoms with Gasteiger partial charge in [0.05, 0.1) is 5.69 Å². The van der Waals surface area contributed by atoms with Crippen LogP contribution in [0, 0.1) is 5.92 Å². The quantitative estimate of drug-likeness (QED) is 0.375. The summed E-state index contributed by atoms with van der Waals surface area (Å²) in [6.07, 6.45) is 9.69. The normalized spacial score (nSPS) is 20.6. The first kappa shape index (κ1) is 26.2. The molecule has 2 saturated heterocycles. The van der Waals surface area contributed by atoms with E-state index in [1.807, 2.05) is 22.1 Å². The maximum atomic E-state index is 13.0. The number of piperidine rings is 2. The van der Waals surface area contributed by atoms with E-state index in [-0.39, 0.29) is 17.7 Å². The van der Waals surface area contributed by atoms with Gasteiger partial charge in [-0.05, 0) is 102 Å². The lowest BCUT2D eigenvalue weighted by atomic mass is 9.76. The molecule has 0 spiro atoms. The van der Waals surface area contributed by atoms with Gasteiger partial charge in [0, 0.05) is 65.1 Å². The molecule has 36 heavy (non-hydrogen) atoms. The maximum absolute atomic E-state index is 13.0. The summed E-state index contributed by atoms with van der Waals surface area (Å²) in [6, 6.07) is 6.33. The van der Waals surface area contributed by atoms with Crippen LogP contribution in [-0.2, 0) is 22.4 Å². The minimum atomic E-state index is 0.180. The van der Waals surface area contributed by atoms with Gasteiger partial charge in [-0.1, -0.05) is 27.5 Å². The average molecular weight is 638 g/mol. The largest absolute Gasteiger partial charge is 0.343 e. The molecule has 8 heteroatoms. The fourth-order valence-electron chi connectivity index (χ4n) is 6.19. The maximum Gasteiger partial charge on any atom is 0.222 e. The topological polar surface area (TPSA) is 53.5 Å². The van der Waals surface area contributed by atoms with E-state index in [0.717, 1.165) is 84.2 Å². The molecule has 0 radical (unpaired) electrons. The highest BCUT2D eigenvalue weighted by Gasteiger charge is 2.36. The summed E-state index contributed by atoms with van der Waals surface area (Å²) in [7, 11) is 0. The highest BCUT2D eigenvalue weighted by molar-refractivity contribution is 9.10. The van der Waals surface area contributed by atoms with E-state index in [2.05, 4.69) is 44.0 Å². The number of amides is 2. The molecule has 1 aliphatic carbocycles. The molecule has 1 atom stereocenters. The van der Waals surface area contributed by atoms with Crippen molar-refractivity contribution in [3.05, 3.63) is 60.7 Å². The van der Waals surface area contributed by atoms with Crippen LogP contribution in [-0.4, -0.2) is 52.8 Å². The van der Waals surface area contributed by atoms with E-state index in [1.54, 1.807) is 0 Å². The number of pyridine rings is 1. The SMILES string of the molecule is O=C1CCCCN1CCCC(=O)N1CCC(C2c3ncc(Br)cc3CCc3cc(Cl)cc(Br)c32)CC1. The van der Waals surface area contributed by atoms with E-state index in [4.69, 9.17) is 16.6 Å². The number of likely N-dealkylation sites (tertiary alicyclic amines) is 2. The molecule has 2 aliphatic heterocycles. The number of carbonyl (C=O) groups is 2. The van der Waals surface area contributed by atoms with Crippen molar-refractivity contribution in [3.63, 3.8) is 0 Å². The first-order valence-electron chi connectivity index (χ1n) is 13.1. The van der Waals surface area contributed by atoms with E-state index in [9.17, 15) is 9.59 Å². The van der Waals surface area contributed by atoms with E-state index in [0.29, 0.717) is 25.3 Å². The van der Waals surface area contributed by atoms with Crippen LogP contribution in [0.4, 0.5) is 0 Å². The van der Waals surface area contributed by atoms with Crippen LogP contribution in [0.25, 0.3) is 0 Å². The third kappa shape index (κ3) is 5.68. The Bertz CT molecular complexity index is 1150. The van der Waals surface area contributed by atoms with Gasteiger partial charge in [0.2, 0.25) is 11.8 Å². The fraction of sp³-hybridized carbons (Fsp3) is 0.536. The predicted octanol–water partition coefficient (Wildman–Crippen LogP) is 6.52. The number of aromatic nitrogens is 1. The molecule has 3 heterocycles. The average Bonchev–Trinajstić information content (AvgIpc) is 3.02. The number of rotatable bonds is 5. The number of halogens is 3. The van der Waals surface area contributed by atoms with Crippen molar-refractivity contribution < 1.29 is 9.59 Å². The van der Waals surface area contributed by atoms with Crippen molar-refractivity contribution in [3.8, 4) is 0 Å². The minimum absolute atomic E-state index is 0.180. The van der Waals surface area contributed by atoms with Gasteiger partial charge in [-0.2, -0.15) is 0 Å². The first-order valence-corrected chi connectivity index (χ1v) is 15.0. The smallest absolute Gasteiger partial charge is 0.222 e. The molecule has 5 nitrogen and oxygen atoms in total. The van der Waals surface area contributed by atoms with E-state index in [1.165, 1.54) is 16.7 Å². The van der Waals surface area contributed by atoms with Gasteiger partial charge in [0.25, 0.3) is 0 Å². The molecule has 0 bridgehead atoms. The lowest BCUT2D eigenvalue weighted by molar-refractivity contribution is -0.135. The Kier molecular flexibility index (Phi) is 8.38. The molecule has 5 rings (SSSR count). The monoisotopic (exact) mass is 635 g/mol. The standard InChI is InChI=1S/C28H32Br2ClN3O2/c29-21-14-20-7-6-19-15-22(31)16-23(30)26(19)27(28(20)32-17-21)18-8-12-34(13-9-18)25(36)5-3-11-33-10-2-1-4-24(33)35/h14-18,27H,1-13H2. The van der Waals surface area contributed by atoms with Gasteiger partial charge in [0.15, 0.2) is 0 Å². The Morgan fingerprint density at radius 2 is 1.81 bits per heavy atom. The number of benzene rings is 1. The van der Waals surface area contributed by atoms with Crippen LogP contribution in [0.2, 0.25) is 5.02 Å². The summed E-state index contributed by atoms with van der Waals surface area (Å²) in [5.41, 5.74) is 5.05. The first-order chi connectivity index (χ1) is 17.4. The van der Waals surface area contributed by atoms with Gasteiger partial charge in [-0.15, -0.1) is 0 Å². The summed E-state index contributed by atoms with van der Waals surface area (Å²) in [5.74, 6) is 1.04. The van der Waals surface area contributed by atoms with Crippen LogP contribution in [0.15, 0.2) is 33.3 Å². The lowest BCUT2D eigenvalue weighted by Crippen LogP contribution is -2.41. The number of aryl methyl sites for hydroxylation is 2. The second-order valence-electron chi connectivity index (χ2n) is 10.3. The summed E-state index contributed by atoms with van der Waals surface area (Å²) in [5, 5.41) is 0.756. The Balaban J connectivity index is 1.28. The van der Waals surface area contributed by atoms with Crippen molar-refractivity contribution in [1.29, 1.82) is 0 Å². The summed E-state index contributed by atoms with van der Waals surface area (Å²) < 4.78 is 2.06. The number of hydrogen-bond donors (Lipinski definition) is 0. The Morgan fingerprint density at radius 3 is 2.58 bits per heavy atom. The predicted molar refractivity (Wildman–Crippen MR) is 149 cm³/mol. The van der Waals surface area contributed by atoms with Crippen LogP contribution in [0.5, 0.6) is 0 Å². The molecular weight excluding hydrogens is 606 g/mol. The molecule has 2 fully saturated rings. The lowest BCUT2D eigenvalue weighted by Gasteiger charge is -2.37. The Hall–Kier alpha value is -1.44. The molecular formula is C28H32Br2ClN3O2. The Morgan fingerprint density at radius 1 is 1.03 bits per heavy atom. The molecule has 1 aromatic carbocycles. The van der Waals surface area contributed by atoms with Crippen molar-refractivity contribution in [1.82, 2.24) is 14.8 Å². The number of hydrogen-bond acceptors (Lipinski definition) is 3. The number of nitrogens with zero attached hydrogens (tertiary/aromatic N) is 3. The van der Waals surface area contributed by atoms with Crippen molar-refractivity contribution in [2.75, 3.05) is 26.2 Å². The third-order valence-electron chi connectivity index (χ3n) is 8.02. The van der Waals surface area contributed by atoms with Crippen molar-refractivity contribution in [2.24, 2.45) is 5.92 Å². The van der Waals surface area contributed by atoms with Crippen LogP contribution in [0.1, 0.15) is 73.2 Å². The summed E-state index contributed by atoms with van der Waals surface area (Å²) >= 11 is 13.9. The third-order valence-corrected chi connectivity index (χ3v) is 9.33. The highest BCUT2D eigenvalue weighted by atomic mass is 79.9. The molecule has 2 aromatic rings. The molecule has 2 amide bonds. The number of carbonyl (C=O) groups excluding carboxylic acids is 2. The van der Waals surface area contributed by atoms with Gasteiger partial charge < -0.3 is 9.80 Å². The van der Waals surface area contributed by atoms with E-state index >= 15 is 0 Å². The van der Waals surface area contributed by atoms with Crippen molar-refractivity contribution >= 4 is 55.3 Å². The fourth-order valence-corrected chi connectivity index (χ4v) is 7.69. The summed E-state index contributed by atoms with van der Waals surface area (Å²) in [6.45, 7) is 3.09. The van der Waals surface area contributed by atoms with Crippen LogP contribution < -0.4 is 0 Å². The minimum Gasteiger partial charge on any atom is -0.343 e. The zero-order valence-corrected chi connectivity index (χ0v) is 24.4. The van der Waals surface area contributed by atoms with Crippen molar-refractivity contribution in [2.45, 2.75) is 63.7 Å². The number of fused-ring (bicyclic) bond motifs is 2. The summed E-state index contributed by atoms with van der Waals surface area (Å²) in [4.78, 5) is 33.9. The van der Waals surface area contributed by atoms with Gasteiger partial charge in [-0.25, -0.2) is 0 Å². The van der Waals surface area contributed by atoms with E-state index < -0.39 is 0 Å². The Labute approximate surface area is 235 Å². The van der Waals surface area contributed by atoms with Gasteiger partial charge in [-0.3, -0.25) is 14.6 Å². The zero-order chi connectivity index (χ0) is 25.2. The van der Waals surface area contributed by atoms with Crippen LogP contribution in [0.3, 0.4) is 0 Å². The molecule has 1 unspecified atom stereocenters. The highest BCUT2D eigenvalue weighted by Crippen LogP contribution is 2.46. The molecule has 192 valence electrons. The zero-order valence-electron chi connectivity index (χ0n) is 20.4. The molecule has 0 N–H and O–H groups in total. The molecule has 1 aromatic heterocycles. The van der Waals surface area contributed by atoms with Gasteiger partial charge in [0.1, 0.15) is 0 Å². The van der Waals surface area contributed by atoms with Gasteiger partial charge >= 0.3 is 0 Å². The molecule has 3 aliphatic rings. The second-order valence-corrected chi connectivity index (χ2v) is 12.5. The van der Waals surface area contributed by atoms with Crippen LogP contribution >= 0.6 is 43.5 Å². The second kappa shape index (κ2) is 11.5. The molecule has 0 saturated carbocycles.